The Bertz CT molecular complexity index is 457. The van der Waals surface area contributed by atoms with Gasteiger partial charge in [0.1, 0.15) is 0 Å². The topological polar surface area (TPSA) is 87.8 Å². The summed E-state index contributed by atoms with van der Waals surface area (Å²) in [5.74, 6) is -0.114. The molecule has 0 heterocycles. The fourth-order valence-corrected chi connectivity index (χ4v) is 1.92. The van der Waals surface area contributed by atoms with Gasteiger partial charge in [-0.05, 0) is 18.2 Å². The molecule has 0 aliphatic heterocycles. The maximum atomic E-state index is 11.9. The van der Waals surface area contributed by atoms with E-state index in [2.05, 4.69) is 5.32 Å². The molecule has 0 aliphatic rings. The van der Waals surface area contributed by atoms with Crippen molar-refractivity contribution in [1.82, 2.24) is 4.90 Å². The van der Waals surface area contributed by atoms with Gasteiger partial charge in [0.2, 0.25) is 5.91 Å². The van der Waals surface area contributed by atoms with Crippen LogP contribution in [0, 0.1) is 0 Å². The van der Waals surface area contributed by atoms with Crippen molar-refractivity contribution < 1.29 is 14.6 Å². The Morgan fingerprint density at radius 3 is 2.81 bits per heavy atom. The predicted octanol–water partition coefficient (Wildman–Crippen LogP) is 1.19. The van der Waals surface area contributed by atoms with Gasteiger partial charge in [-0.3, -0.25) is 9.69 Å². The monoisotopic (exact) mass is 315 g/mol. The van der Waals surface area contributed by atoms with E-state index in [0.717, 1.165) is 0 Å². The van der Waals surface area contributed by atoms with Crippen LogP contribution in [0.3, 0.4) is 0 Å². The highest BCUT2D eigenvalue weighted by atomic mass is 35.5. The van der Waals surface area contributed by atoms with Crippen LogP contribution >= 0.6 is 11.6 Å². The van der Waals surface area contributed by atoms with Gasteiger partial charge in [-0.1, -0.05) is 11.6 Å². The first kappa shape index (κ1) is 17.7. The highest BCUT2D eigenvalue weighted by molar-refractivity contribution is 6.33. The summed E-state index contributed by atoms with van der Waals surface area (Å²) in [6.07, 6.45) is 0.326. The van der Waals surface area contributed by atoms with Crippen LogP contribution in [0.25, 0.3) is 0 Å². The number of carbonyl (C=O) groups excluding carboxylic acids is 1. The molecule has 7 heteroatoms. The van der Waals surface area contributed by atoms with E-state index in [4.69, 9.17) is 27.2 Å². The van der Waals surface area contributed by atoms with Crippen molar-refractivity contribution in [2.45, 2.75) is 6.42 Å². The lowest BCUT2D eigenvalue weighted by atomic mass is 10.2. The van der Waals surface area contributed by atoms with Gasteiger partial charge in [-0.15, -0.1) is 0 Å². The summed E-state index contributed by atoms with van der Waals surface area (Å²) in [6, 6.07) is 4.97. The number of amides is 1. The fourth-order valence-electron chi connectivity index (χ4n) is 1.80. The Hall–Kier alpha value is -1.34. The molecule has 0 unspecified atom stereocenters. The molecule has 0 radical (unpaired) electrons. The summed E-state index contributed by atoms with van der Waals surface area (Å²) in [5.41, 5.74) is 6.73. The molecule has 0 aliphatic carbocycles. The molecule has 1 aromatic rings. The zero-order valence-corrected chi connectivity index (χ0v) is 12.9. The van der Waals surface area contributed by atoms with Gasteiger partial charge in [0.05, 0.1) is 23.9 Å². The minimum absolute atomic E-state index is 0.0546. The number of rotatable bonds is 9. The minimum Gasteiger partial charge on any atom is -0.397 e. The van der Waals surface area contributed by atoms with Gasteiger partial charge in [-0.25, -0.2) is 0 Å². The molecule has 118 valence electrons. The summed E-state index contributed by atoms with van der Waals surface area (Å²) in [7, 11) is 1.62. The normalized spacial score (nSPS) is 10.9. The average molecular weight is 316 g/mol. The number of nitrogens with zero attached hydrogens (tertiary/aromatic N) is 1. The Morgan fingerprint density at radius 2 is 2.19 bits per heavy atom. The second kappa shape index (κ2) is 9.57. The number of aliphatic hydroxyl groups is 1. The standard InChI is InChI=1S/C14H22ClN3O3/c1-21-9-7-18(6-8-19)5-4-14(20)17-11-2-3-12(15)13(16)10-11/h2-3,10,19H,4-9,16H2,1H3,(H,17,20). The number of anilines is 2. The first-order valence-electron chi connectivity index (χ1n) is 6.74. The molecule has 0 fully saturated rings. The molecule has 0 atom stereocenters. The van der Waals surface area contributed by atoms with Crippen LogP contribution in [0.1, 0.15) is 6.42 Å². The smallest absolute Gasteiger partial charge is 0.225 e. The van der Waals surface area contributed by atoms with Crippen LogP contribution in [-0.2, 0) is 9.53 Å². The molecule has 1 amide bonds. The van der Waals surface area contributed by atoms with Gasteiger partial charge in [0.15, 0.2) is 0 Å². The van der Waals surface area contributed by atoms with Crippen LogP contribution in [0.5, 0.6) is 0 Å². The molecule has 0 aromatic heterocycles. The van der Waals surface area contributed by atoms with E-state index in [1.165, 1.54) is 0 Å². The first-order chi connectivity index (χ1) is 10.1. The average Bonchev–Trinajstić information content (AvgIpc) is 2.46. The zero-order valence-electron chi connectivity index (χ0n) is 12.1. The number of halogens is 1. The predicted molar refractivity (Wildman–Crippen MR) is 84.5 cm³/mol. The van der Waals surface area contributed by atoms with Crippen molar-refractivity contribution in [2.24, 2.45) is 0 Å². The third-order valence-electron chi connectivity index (χ3n) is 2.96. The van der Waals surface area contributed by atoms with Crippen molar-refractivity contribution in [3.8, 4) is 0 Å². The molecule has 0 saturated carbocycles. The highest BCUT2D eigenvalue weighted by Crippen LogP contribution is 2.22. The molecule has 0 spiro atoms. The quantitative estimate of drug-likeness (QED) is 0.596. The third kappa shape index (κ3) is 6.77. The van der Waals surface area contributed by atoms with Crippen molar-refractivity contribution in [2.75, 3.05) is 51.0 Å². The fraction of sp³-hybridized carbons (Fsp3) is 0.500. The van der Waals surface area contributed by atoms with E-state index in [1.807, 2.05) is 4.90 Å². The summed E-state index contributed by atoms with van der Waals surface area (Å²) in [4.78, 5) is 13.9. The number of nitrogen functional groups attached to an aromatic ring is 1. The number of benzene rings is 1. The number of nitrogens with two attached hydrogens (primary N) is 1. The Morgan fingerprint density at radius 1 is 1.43 bits per heavy atom. The summed E-state index contributed by atoms with van der Waals surface area (Å²) in [5, 5.41) is 12.2. The lowest BCUT2D eigenvalue weighted by Gasteiger charge is -2.20. The second-order valence-corrected chi connectivity index (χ2v) is 5.00. The largest absolute Gasteiger partial charge is 0.397 e. The van der Waals surface area contributed by atoms with E-state index in [1.54, 1.807) is 25.3 Å². The molecule has 4 N–H and O–H groups in total. The van der Waals surface area contributed by atoms with Crippen LogP contribution in [0.4, 0.5) is 11.4 Å². The van der Waals surface area contributed by atoms with Gasteiger partial charge in [0, 0.05) is 38.9 Å². The zero-order chi connectivity index (χ0) is 15.7. The maximum absolute atomic E-state index is 11.9. The van der Waals surface area contributed by atoms with Crippen LogP contribution in [-0.4, -0.2) is 55.9 Å². The molecule has 1 rings (SSSR count). The van der Waals surface area contributed by atoms with Crippen molar-refractivity contribution in [3.63, 3.8) is 0 Å². The molecule has 0 saturated heterocycles. The first-order valence-corrected chi connectivity index (χ1v) is 7.11. The SMILES string of the molecule is COCCN(CCO)CCC(=O)Nc1ccc(Cl)c(N)c1. The van der Waals surface area contributed by atoms with Crippen molar-refractivity contribution >= 4 is 28.9 Å². The van der Waals surface area contributed by atoms with Crippen molar-refractivity contribution in [1.29, 1.82) is 0 Å². The second-order valence-electron chi connectivity index (χ2n) is 4.59. The van der Waals surface area contributed by atoms with E-state index in [-0.39, 0.29) is 12.5 Å². The number of nitrogens with one attached hydrogen (secondary N) is 1. The van der Waals surface area contributed by atoms with Gasteiger partial charge < -0.3 is 20.9 Å². The number of hydrogen-bond acceptors (Lipinski definition) is 5. The van der Waals surface area contributed by atoms with E-state index in [0.29, 0.717) is 49.1 Å². The maximum Gasteiger partial charge on any atom is 0.225 e. The lowest BCUT2D eigenvalue weighted by molar-refractivity contribution is -0.116. The molecular formula is C14H22ClN3O3. The lowest BCUT2D eigenvalue weighted by Crippen LogP contribution is -2.33. The third-order valence-corrected chi connectivity index (χ3v) is 3.31. The molecule has 0 bridgehead atoms. The van der Waals surface area contributed by atoms with Gasteiger partial charge in [-0.2, -0.15) is 0 Å². The van der Waals surface area contributed by atoms with Crippen LogP contribution < -0.4 is 11.1 Å². The van der Waals surface area contributed by atoms with E-state index in [9.17, 15) is 4.79 Å². The summed E-state index contributed by atoms with van der Waals surface area (Å²) in [6.45, 7) is 2.37. The van der Waals surface area contributed by atoms with Crippen molar-refractivity contribution in [3.05, 3.63) is 23.2 Å². The number of aliphatic hydroxyl groups excluding tert-OH is 1. The Kier molecular flexibility index (Phi) is 8.07. The minimum atomic E-state index is -0.114. The number of hydrogen-bond donors (Lipinski definition) is 3. The molecule has 6 nitrogen and oxygen atoms in total. The number of carbonyl (C=O) groups is 1. The highest BCUT2D eigenvalue weighted by Gasteiger charge is 2.09. The summed E-state index contributed by atoms with van der Waals surface area (Å²) >= 11 is 5.82. The van der Waals surface area contributed by atoms with E-state index < -0.39 is 0 Å². The van der Waals surface area contributed by atoms with E-state index >= 15 is 0 Å². The molecule has 21 heavy (non-hydrogen) atoms. The molecule has 1 aromatic carbocycles. The van der Waals surface area contributed by atoms with Crippen LogP contribution in [0.2, 0.25) is 5.02 Å². The number of ether oxygens (including phenoxy) is 1. The summed E-state index contributed by atoms with van der Waals surface area (Å²) < 4.78 is 5.00. The van der Waals surface area contributed by atoms with Crippen LogP contribution in [0.15, 0.2) is 18.2 Å². The number of methoxy groups -OCH3 is 1. The van der Waals surface area contributed by atoms with Gasteiger partial charge >= 0.3 is 0 Å². The Labute approximate surface area is 129 Å². The van der Waals surface area contributed by atoms with Gasteiger partial charge in [0.25, 0.3) is 0 Å². The Balaban J connectivity index is 2.42. The molecular weight excluding hydrogens is 294 g/mol.